The molecule has 0 aliphatic rings. The van der Waals surface area contributed by atoms with Crippen molar-refractivity contribution in [1.29, 1.82) is 0 Å². The van der Waals surface area contributed by atoms with Crippen molar-refractivity contribution in [3.63, 3.8) is 0 Å². The van der Waals surface area contributed by atoms with Gasteiger partial charge in [0.2, 0.25) is 0 Å². The van der Waals surface area contributed by atoms with Gasteiger partial charge in [0.15, 0.2) is 0 Å². The molecule has 0 saturated heterocycles. The molecule has 0 spiro atoms. The average molecular weight is 229 g/mol. The Morgan fingerprint density at radius 2 is 1.56 bits per heavy atom. The van der Waals surface area contributed by atoms with Crippen LogP contribution in [0.5, 0.6) is 0 Å². The van der Waals surface area contributed by atoms with E-state index in [-0.39, 0.29) is 0 Å². The summed E-state index contributed by atoms with van der Waals surface area (Å²) in [5.41, 5.74) is 0.902. The summed E-state index contributed by atoms with van der Waals surface area (Å²) in [7, 11) is 1.97. The molecule has 2 nitrogen and oxygen atoms in total. The first-order valence-corrected chi connectivity index (χ1v) is 6.44. The van der Waals surface area contributed by atoms with E-state index in [2.05, 4.69) is 6.92 Å². The largest absolute Gasteiger partial charge is 0.506 e. The van der Waals surface area contributed by atoms with Crippen LogP contribution in [-0.2, 0) is 0 Å². The van der Waals surface area contributed by atoms with Gasteiger partial charge >= 0.3 is 0 Å². The molecule has 0 radical (unpaired) electrons. The van der Waals surface area contributed by atoms with Crippen LogP contribution in [0.1, 0.15) is 54.9 Å². The van der Waals surface area contributed by atoms with Crippen molar-refractivity contribution in [1.82, 2.24) is 4.90 Å². The number of hydrogen-bond donors (Lipinski definition) is 1. The Balaban J connectivity index is -0.000000376. The number of allylic oxidation sites excluding steroid dienone is 2. The molecule has 16 heavy (non-hydrogen) atoms. The molecule has 0 aromatic heterocycles. The molecule has 2 heteroatoms. The zero-order valence-corrected chi connectivity index (χ0v) is 12.5. The SMILES string of the molecule is C/C=C(\C(O)=C/CC)N(C)CC.CC.CC. The maximum absolute atomic E-state index is 9.56. The van der Waals surface area contributed by atoms with Crippen LogP contribution < -0.4 is 0 Å². The van der Waals surface area contributed by atoms with Crippen LogP contribution in [0.2, 0.25) is 0 Å². The van der Waals surface area contributed by atoms with Crippen molar-refractivity contribution in [2.75, 3.05) is 13.6 Å². The summed E-state index contributed by atoms with van der Waals surface area (Å²) in [6.07, 6.45) is 4.60. The van der Waals surface area contributed by atoms with Gasteiger partial charge in [-0.25, -0.2) is 0 Å². The monoisotopic (exact) mass is 229 g/mol. The standard InChI is InChI=1S/C10H19NO.2C2H6/c1-5-8-10(12)9(6-2)11(4)7-3;2*1-2/h6,8,12H,5,7H2,1-4H3;2*1-2H3/b9-6+,10-8+;;. The highest BCUT2D eigenvalue weighted by atomic mass is 16.3. The molecular weight excluding hydrogens is 198 g/mol. The average Bonchev–Trinajstić information content (AvgIpc) is 2.35. The summed E-state index contributed by atoms with van der Waals surface area (Å²) >= 11 is 0. The van der Waals surface area contributed by atoms with Crippen LogP contribution in [0.25, 0.3) is 0 Å². The predicted molar refractivity (Wildman–Crippen MR) is 75.8 cm³/mol. The van der Waals surface area contributed by atoms with Crippen LogP contribution >= 0.6 is 0 Å². The number of likely N-dealkylation sites (N-methyl/N-ethyl adjacent to an activating group) is 1. The minimum absolute atomic E-state index is 0.379. The first kappa shape index (κ1) is 20.5. The Hall–Kier alpha value is -0.920. The molecule has 0 amide bonds. The van der Waals surface area contributed by atoms with Gasteiger partial charge in [-0.05, 0) is 26.3 Å². The summed E-state index contributed by atoms with van der Waals surface area (Å²) in [6, 6.07) is 0. The summed E-state index contributed by atoms with van der Waals surface area (Å²) in [5.74, 6) is 0.379. The normalized spacial score (nSPS) is 10.8. The Morgan fingerprint density at radius 3 is 1.81 bits per heavy atom. The molecule has 0 heterocycles. The lowest BCUT2D eigenvalue weighted by Crippen LogP contribution is -2.18. The summed E-state index contributed by atoms with van der Waals surface area (Å²) < 4.78 is 0. The molecule has 0 aromatic rings. The van der Waals surface area contributed by atoms with E-state index in [4.69, 9.17) is 0 Å². The lowest BCUT2D eigenvalue weighted by molar-refractivity contribution is 0.352. The third kappa shape index (κ3) is 9.63. The summed E-state index contributed by atoms with van der Waals surface area (Å²) in [4.78, 5) is 2.02. The quantitative estimate of drug-likeness (QED) is 0.555. The lowest BCUT2D eigenvalue weighted by atomic mass is 10.2. The highest BCUT2D eigenvalue weighted by Crippen LogP contribution is 2.10. The number of aliphatic hydroxyl groups is 1. The third-order valence-electron chi connectivity index (χ3n) is 1.82. The molecule has 0 aliphatic heterocycles. The fourth-order valence-electron chi connectivity index (χ4n) is 1.03. The maximum Gasteiger partial charge on any atom is 0.134 e. The van der Waals surface area contributed by atoms with E-state index in [1.54, 1.807) is 0 Å². The van der Waals surface area contributed by atoms with Crippen LogP contribution in [0.15, 0.2) is 23.6 Å². The first-order chi connectivity index (χ1) is 7.67. The molecule has 0 fully saturated rings. The maximum atomic E-state index is 9.56. The van der Waals surface area contributed by atoms with Crippen molar-refractivity contribution in [3.05, 3.63) is 23.6 Å². The van der Waals surface area contributed by atoms with Gasteiger partial charge in [0, 0.05) is 13.6 Å². The fourth-order valence-corrected chi connectivity index (χ4v) is 1.03. The highest BCUT2D eigenvalue weighted by molar-refractivity contribution is 5.22. The molecule has 0 aliphatic carbocycles. The van der Waals surface area contributed by atoms with E-state index < -0.39 is 0 Å². The number of nitrogens with zero attached hydrogens (tertiary/aromatic N) is 1. The second-order valence-corrected chi connectivity index (χ2v) is 2.69. The van der Waals surface area contributed by atoms with E-state index in [9.17, 15) is 5.11 Å². The van der Waals surface area contributed by atoms with Gasteiger partial charge in [-0.1, -0.05) is 40.7 Å². The smallest absolute Gasteiger partial charge is 0.134 e. The van der Waals surface area contributed by atoms with Crippen molar-refractivity contribution < 1.29 is 5.11 Å². The van der Waals surface area contributed by atoms with Crippen LogP contribution in [0.3, 0.4) is 0 Å². The minimum Gasteiger partial charge on any atom is -0.506 e. The molecule has 0 unspecified atom stereocenters. The van der Waals surface area contributed by atoms with Crippen LogP contribution in [-0.4, -0.2) is 23.6 Å². The number of rotatable bonds is 4. The van der Waals surface area contributed by atoms with Gasteiger partial charge in [0.05, 0.1) is 5.70 Å². The second kappa shape index (κ2) is 16.5. The van der Waals surface area contributed by atoms with Gasteiger partial charge in [0.25, 0.3) is 0 Å². The fraction of sp³-hybridized carbons (Fsp3) is 0.714. The second-order valence-electron chi connectivity index (χ2n) is 2.69. The molecule has 0 saturated carbocycles. The predicted octanol–water partition coefficient (Wildman–Crippen LogP) is 4.75. The van der Waals surface area contributed by atoms with Crippen LogP contribution in [0.4, 0.5) is 0 Å². The van der Waals surface area contributed by atoms with Crippen molar-refractivity contribution >= 4 is 0 Å². The number of hydrogen-bond acceptors (Lipinski definition) is 2. The topological polar surface area (TPSA) is 23.5 Å². The molecule has 0 aromatic carbocycles. The van der Waals surface area contributed by atoms with E-state index in [0.29, 0.717) is 5.76 Å². The molecular formula is C14H31NO. The first-order valence-electron chi connectivity index (χ1n) is 6.44. The van der Waals surface area contributed by atoms with Gasteiger partial charge in [-0.2, -0.15) is 0 Å². The lowest BCUT2D eigenvalue weighted by Gasteiger charge is -2.19. The summed E-state index contributed by atoms with van der Waals surface area (Å²) in [6.45, 7) is 14.9. The Bertz CT molecular complexity index is 183. The molecule has 0 atom stereocenters. The zero-order valence-electron chi connectivity index (χ0n) is 12.5. The zero-order chi connectivity index (χ0) is 13.6. The van der Waals surface area contributed by atoms with E-state index in [1.807, 2.05) is 65.6 Å². The minimum atomic E-state index is 0.379. The van der Waals surface area contributed by atoms with Crippen LogP contribution in [0, 0.1) is 0 Å². The summed E-state index contributed by atoms with van der Waals surface area (Å²) in [5, 5.41) is 9.56. The molecule has 0 bridgehead atoms. The van der Waals surface area contributed by atoms with Crippen molar-refractivity contribution in [3.8, 4) is 0 Å². The van der Waals surface area contributed by atoms with Gasteiger partial charge < -0.3 is 10.0 Å². The Labute approximate surface area is 103 Å². The molecule has 0 rings (SSSR count). The number of aliphatic hydroxyl groups excluding tert-OH is 1. The van der Waals surface area contributed by atoms with Gasteiger partial charge in [0.1, 0.15) is 5.76 Å². The van der Waals surface area contributed by atoms with E-state index in [1.165, 1.54) is 0 Å². The molecule has 1 N–H and O–H groups in total. The van der Waals surface area contributed by atoms with Gasteiger partial charge in [-0.15, -0.1) is 0 Å². The third-order valence-corrected chi connectivity index (χ3v) is 1.82. The Morgan fingerprint density at radius 1 is 1.12 bits per heavy atom. The highest BCUT2D eigenvalue weighted by Gasteiger charge is 2.04. The van der Waals surface area contributed by atoms with Gasteiger partial charge in [-0.3, -0.25) is 0 Å². The van der Waals surface area contributed by atoms with E-state index >= 15 is 0 Å². The van der Waals surface area contributed by atoms with Crippen molar-refractivity contribution in [2.45, 2.75) is 54.9 Å². The van der Waals surface area contributed by atoms with E-state index in [0.717, 1.165) is 18.7 Å². The van der Waals surface area contributed by atoms with Crippen molar-refractivity contribution in [2.24, 2.45) is 0 Å². The molecule has 98 valence electrons. The Kier molecular flexibility index (Phi) is 21.1.